The molecule has 128 valence electrons. The molecule has 25 heavy (non-hydrogen) atoms. The van der Waals surface area contributed by atoms with E-state index in [0.717, 1.165) is 32.0 Å². The minimum absolute atomic E-state index is 0.233. The van der Waals surface area contributed by atoms with Crippen molar-refractivity contribution in [3.05, 3.63) is 48.4 Å². The van der Waals surface area contributed by atoms with Gasteiger partial charge in [0.25, 0.3) is 5.89 Å². The van der Waals surface area contributed by atoms with Crippen LogP contribution in [0, 0.1) is 5.82 Å². The van der Waals surface area contributed by atoms with Gasteiger partial charge < -0.3 is 14.3 Å². The molecular weight excluding hydrogens is 321 g/mol. The Morgan fingerprint density at radius 2 is 1.84 bits per heavy atom. The van der Waals surface area contributed by atoms with E-state index < -0.39 is 0 Å². The summed E-state index contributed by atoms with van der Waals surface area (Å²) in [6.07, 6.45) is 1.71. The highest BCUT2D eigenvalue weighted by molar-refractivity contribution is 5.60. The van der Waals surface area contributed by atoms with E-state index >= 15 is 0 Å². The average Bonchev–Trinajstić information content (AvgIpc) is 3.13. The lowest BCUT2D eigenvalue weighted by atomic mass is 10.2. The second-order valence-electron chi connectivity index (χ2n) is 6.10. The fourth-order valence-electron chi connectivity index (χ4n) is 2.83. The Kier molecular flexibility index (Phi) is 4.15. The molecule has 0 spiro atoms. The van der Waals surface area contributed by atoms with E-state index in [9.17, 15) is 4.39 Å². The quantitative estimate of drug-likeness (QED) is 0.731. The molecule has 0 aliphatic carbocycles. The monoisotopic (exact) mass is 339 g/mol. The molecule has 0 unspecified atom stereocenters. The van der Waals surface area contributed by atoms with Crippen LogP contribution >= 0.6 is 0 Å². The largest absolute Gasteiger partial charge is 0.354 e. The average molecular weight is 339 g/mol. The van der Waals surface area contributed by atoms with E-state index in [0.29, 0.717) is 17.0 Å². The molecule has 0 radical (unpaired) electrons. The zero-order valence-corrected chi connectivity index (χ0v) is 13.9. The number of benzene rings is 1. The van der Waals surface area contributed by atoms with Gasteiger partial charge in [-0.3, -0.25) is 0 Å². The maximum Gasteiger partial charge on any atom is 0.259 e. The van der Waals surface area contributed by atoms with Gasteiger partial charge in [0.2, 0.25) is 5.82 Å². The molecule has 1 saturated heterocycles. The summed E-state index contributed by atoms with van der Waals surface area (Å²) in [5.41, 5.74) is 1.03. The lowest BCUT2D eigenvalue weighted by Crippen LogP contribution is -2.44. The van der Waals surface area contributed by atoms with E-state index in [2.05, 4.69) is 32.0 Å². The first-order valence-electron chi connectivity index (χ1n) is 8.19. The van der Waals surface area contributed by atoms with E-state index in [4.69, 9.17) is 4.52 Å². The lowest BCUT2D eigenvalue weighted by Gasteiger charge is -2.33. The third-order valence-corrected chi connectivity index (χ3v) is 4.36. The highest BCUT2D eigenvalue weighted by atomic mass is 19.1. The first kappa shape index (κ1) is 15.7. The van der Waals surface area contributed by atoms with Gasteiger partial charge in [0, 0.05) is 32.4 Å². The summed E-state index contributed by atoms with van der Waals surface area (Å²) in [6, 6.07) is 10.2. The van der Waals surface area contributed by atoms with Gasteiger partial charge in [0.1, 0.15) is 11.6 Å². The minimum atomic E-state index is -0.376. The number of likely N-dealkylation sites (N-methyl/N-ethyl adjacent to an activating group) is 1. The van der Waals surface area contributed by atoms with Gasteiger partial charge >= 0.3 is 0 Å². The standard InChI is InChI=1S/C18H18FN5O/c1-23-8-10-24(11-9-23)16-7-6-13(12-20-16)18-21-17(22-25-18)14-4-2-3-5-15(14)19/h2-7,12H,8-11H2,1H3. The Morgan fingerprint density at radius 3 is 2.56 bits per heavy atom. The molecule has 1 fully saturated rings. The molecule has 4 rings (SSSR count). The number of halogens is 1. The Balaban J connectivity index is 1.54. The van der Waals surface area contributed by atoms with Crippen LogP contribution in [-0.4, -0.2) is 53.3 Å². The Bertz CT molecular complexity index is 856. The molecule has 7 heteroatoms. The molecule has 1 aromatic carbocycles. The molecule has 0 atom stereocenters. The molecule has 6 nitrogen and oxygen atoms in total. The van der Waals surface area contributed by atoms with Crippen LogP contribution in [-0.2, 0) is 0 Å². The summed E-state index contributed by atoms with van der Waals surface area (Å²) < 4.78 is 19.1. The van der Waals surface area contributed by atoms with Gasteiger partial charge in [0.15, 0.2) is 0 Å². The number of hydrogen-bond acceptors (Lipinski definition) is 6. The molecule has 3 aromatic rings. The number of aromatic nitrogens is 3. The van der Waals surface area contributed by atoms with Gasteiger partial charge in [-0.2, -0.15) is 4.98 Å². The number of nitrogens with zero attached hydrogens (tertiary/aromatic N) is 5. The molecule has 3 heterocycles. The van der Waals surface area contributed by atoms with Crippen molar-refractivity contribution in [2.75, 3.05) is 38.1 Å². The van der Waals surface area contributed by atoms with Gasteiger partial charge in [-0.1, -0.05) is 17.3 Å². The van der Waals surface area contributed by atoms with Crippen LogP contribution < -0.4 is 4.90 Å². The second-order valence-corrected chi connectivity index (χ2v) is 6.10. The maximum absolute atomic E-state index is 13.8. The highest BCUT2D eigenvalue weighted by Gasteiger charge is 2.17. The van der Waals surface area contributed by atoms with Crippen molar-refractivity contribution in [2.45, 2.75) is 0 Å². The number of piperazine rings is 1. The zero-order valence-electron chi connectivity index (χ0n) is 13.9. The van der Waals surface area contributed by atoms with Crippen molar-refractivity contribution in [1.82, 2.24) is 20.0 Å². The van der Waals surface area contributed by atoms with Crippen molar-refractivity contribution in [3.63, 3.8) is 0 Å². The van der Waals surface area contributed by atoms with Gasteiger partial charge in [-0.25, -0.2) is 9.37 Å². The summed E-state index contributed by atoms with van der Waals surface area (Å²) in [5.74, 6) is 1.12. The van der Waals surface area contributed by atoms with Gasteiger partial charge in [0.05, 0.1) is 11.1 Å². The smallest absolute Gasteiger partial charge is 0.259 e. The molecule has 2 aromatic heterocycles. The van der Waals surface area contributed by atoms with E-state index in [1.54, 1.807) is 24.4 Å². The third-order valence-electron chi connectivity index (χ3n) is 4.36. The first-order valence-corrected chi connectivity index (χ1v) is 8.19. The summed E-state index contributed by atoms with van der Waals surface area (Å²) in [5, 5.41) is 3.87. The number of rotatable bonds is 3. The van der Waals surface area contributed by atoms with Crippen LogP contribution in [0.15, 0.2) is 47.1 Å². The summed E-state index contributed by atoms with van der Waals surface area (Å²) in [7, 11) is 2.12. The van der Waals surface area contributed by atoms with Crippen molar-refractivity contribution in [1.29, 1.82) is 0 Å². The second kappa shape index (κ2) is 6.60. The van der Waals surface area contributed by atoms with Crippen LogP contribution in [0.25, 0.3) is 22.8 Å². The SMILES string of the molecule is CN1CCN(c2ccc(-c3nc(-c4ccccc4F)no3)cn2)CC1. The van der Waals surface area contributed by atoms with Crippen LogP contribution in [0.3, 0.4) is 0 Å². The van der Waals surface area contributed by atoms with E-state index in [-0.39, 0.29) is 11.6 Å². The number of hydrogen-bond donors (Lipinski definition) is 0. The highest BCUT2D eigenvalue weighted by Crippen LogP contribution is 2.24. The van der Waals surface area contributed by atoms with Crippen LogP contribution in [0.1, 0.15) is 0 Å². The number of pyridine rings is 1. The Labute approximate surface area is 144 Å². The van der Waals surface area contributed by atoms with Crippen LogP contribution in [0.5, 0.6) is 0 Å². The van der Waals surface area contributed by atoms with Crippen LogP contribution in [0.4, 0.5) is 10.2 Å². The lowest BCUT2D eigenvalue weighted by molar-refractivity contribution is 0.312. The molecular formula is C18H18FN5O. The zero-order chi connectivity index (χ0) is 17.2. The van der Waals surface area contributed by atoms with Crippen LogP contribution in [0.2, 0.25) is 0 Å². The molecule has 0 N–H and O–H groups in total. The summed E-state index contributed by atoms with van der Waals surface area (Å²) in [6.45, 7) is 3.97. The molecule has 1 aliphatic rings. The molecule has 0 saturated carbocycles. The fourth-order valence-corrected chi connectivity index (χ4v) is 2.83. The van der Waals surface area contributed by atoms with Crippen molar-refractivity contribution < 1.29 is 8.91 Å². The summed E-state index contributed by atoms with van der Waals surface area (Å²) >= 11 is 0. The first-order chi connectivity index (χ1) is 12.2. The van der Waals surface area contributed by atoms with E-state index in [1.165, 1.54) is 6.07 Å². The predicted octanol–water partition coefficient (Wildman–Crippen LogP) is 2.69. The molecule has 1 aliphatic heterocycles. The van der Waals surface area contributed by atoms with Crippen molar-refractivity contribution in [2.24, 2.45) is 0 Å². The Morgan fingerprint density at radius 1 is 1.04 bits per heavy atom. The normalized spacial score (nSPS) is 15.5. The molecule has 0 bridgehead atoms. The predicted molar refractivity (Wildman–Crippen MR) is 92.6 cm³/mol. The van der Waals surface area contributed by atoms with Crippen molar-refractivity contribution >= 4 is 5.82 Å². The fraction of sp³-hybridized carbons (Fsp3) is 0.278. The molecule has 0 amide bonds. The maximum atomic E-state index is 13.8. The third kappa shape index (κ3) is 3.23. The topological polar surface area (TPSA) is 58.3 Å². The number of anilines is 1. The minimum Gasteiger partial charge on any atom is -0.354 e. The Hall–Kier alpha value is -2.80. The van der Waals surface area contributed by atoms with Gasteiger partial charge in [-0.05, 0) is 31.3 Å². The van der Waals surface area contributed by atoms with Gasteiger partial charge in [-0.15, -0.1) is 0 Å². The van der Waals surface area contributed by atoms with Crippen molar-refractivity contribution in [3.8, 4) is 22.8 Å². The van der Waals surface area contributed by atoms with E-state index in [1.807, 2.05) is 12.1 Å². The summed E-state index contributed by atoms with van der Waals surface area (Å²) in [4.78, 5) is 13.3.